The van der Waals surface area contributed by atoms with E-state index >= 15 is 0 Å². The lowest BCUT2D eigenvalue weighted by molar-refractivity contribution is -0.240. The molecular formula is C28H23ClFNO5. The van der Waals surface area contributed by atoms with Crippen molar-refractivity contribution in [3.05, 3.63) is 100 Å². The Morgan fingerprint density at radius 1 is 1.03 bits per heavy atom. The first-order valence-electron chi connectivity index (χ1n) is 11.4. The number of esters is 2. The lowest BCUT2D eigenvalue weighted by Gasteiger charge is -2.36. The van der Waals surface area contributed by atoms with E-state index in [1.54, 1.807) is 36.5 Å². The quantitative estimate of drug-likeness (QED) is 0.251. The van der Waals surface area contributed by atoms with Gasteiger partial charge in [-0.2, -0.15) is 0 Å². The summed E-state index contributed by atoms with van der Waals surface area (Å²) >= 11 is 6.58. The smallest absolute Gasteiger partial charge is 0.324 e. The molecule has 1 saturated heterocycles. The molecule has 4 aromatic rings. The van der Waals surface area contributed by atoms with Gasteiger partial charge in [0.05, 0.1) is 5.02 Å². The van der Waals surface area contributed by atoms with Gasteiger partial charge in [0.15, 0.2) is 5.92 Å². The maximum absolute atomic E-state index is 13.2. The molecule has 0 bridgehead atoms. The maximum Gasteiger partial charge on any atom is 0.324 e. The molecule has 3 aromatic carbocycles. The molecule has 0 spiro atoms. The van der Waals surface area contributed by atoms with Crippen LogP contribution in [0, 0.1) is 11.7 Å². The van der Waals surface area contributed by atoms with Gasteiger partial charge in [-0.05, 0) is 47.0 Å². The van der Waals surface area contributed by atoms with Crippen LogP contribution in [0.2, 0.25) is 5.02 Å². The summed E-state index contributed by atoms with van der Waals surface area (Å²) < 4.78 is 29.9. The number of H-pyrrole nitrogens is 1. The predicted octanol–water partition coefficient (Wildman–Crippen LogP) is 6.12. The van der Waals surface area contributed by atoms with Crippen LogP contribution in [0.1, 0.15) is 36.5 Å². The van der Waals surface area contributed by atoms with E-state index in [1.807, 2.05) is 24.3 Å². The van der Waals surface area contributed by atoms with Gasteiger partial charge in [0.1, 0.15) is 18.2 Å². The molecule has 1 fully saturated rings. The zero-order valence-corrected chi connectivity index (χ0v) is 20.3. The Morgan fingerprint density at radius 3 is 2.42 bits per heavy atom. The van der Waals surface area contributed by atoms with Gasteiger partial charge >= 0.3 is 11.9 Å². The molecule has 0 radical (unpaired) electrons. The Balaban J connectivity index is 1.52. The van der Waals surface area contributed by atoms with E-state index < -0.39 is 29.6 Å². The predicted molar refractivity (Wildman–Crippen MR) is 132 cm³/mol. The summed E-state index contributed by atoms with van der Waals surface area (Å²) in [5.41, 5.74) is 3.00. The molecule has 0 aliphatic carbocycles. The van der Waals surface area contributed by atoms with Crippen molar-refractivity contribution in [3.8, 4) is 5.75 Å². The molecule has 8 heteroatoms. The summed E-state index contributed by atoms with van der Waals surface area (Å²) in [6.07, 6.45) is 1.78. The molecular weight excluding hydrogens is 485 g/mol. The van der Waals surface area contributed by atoms with Gasteiger partial charge in [0.25, 0.3) is 5.79 Å². The Hall–Kier alpha value is -3.84. The molecule has 0 unspecified atom stereocenters. The minimum atomic E-state index is -1.34. The van der Waals surface area contributed by atoms with E-state index in [0.29, 0.717) is 16.3 Å². The zero-order valence-electron chi connectivity index (χ0n) is 19.6. The van der Waals surface area contributed by atoms with Crippen LogP contribution in [0.3, 0.4) is 0 Å². The Labute approximate surface area is 211 Å². The van der Waals surface area contributed by atoms with Crippen molar-refractivity contribution in [1.29, 1.82) is 0 Å². The van der Waals surface area contributed by atoms with Gasteiger partial charge in [0.2, 0.25) is 0 Å². The first-order valence-corrected chi connectivity index (χ1v) is 11.8. The van der Waals surface area contributed by atoms with Crippen LogP contribution in [0.5, 0.6) is 5.75 Å². The van der Waals surface area contributed by atoms with Gasteiger partial charge in [0, 0.05) is 36.9 Å². The summed E-state index contributed by atoms with van der Waals surface area (Å²) in [4.78, 5) is 29.4. The lowest BCUT2D eigenvalue weighted by Crippen LogP contribution is -2.48. The number of rotatable bonds is 6. The summed E-state index contributed by atoms with van der Waals surface area (Å²) in [6, 6.07) is 18.7. The lowest BCUT2D eigenvalue weighted by atomic mass is 9.80. The second-order valence-electron chi connectivity index (χ2n) is 9.09. The molecule has 5 rings (SSSR count). The molecule has 1 atom stereocenters. The fourth-order valence-electron chi connectivity index (χ4n) is 4.47. The standard InChI is InChI=1S/C28H23ClFNO5/c1-28(2)35-26(32)25(27(33)36-28)24(20-14-31-22-6-4-3-5-19(20)22)17-9-12-23(21(29)13-17)34-15-16-7-10-18(30)11-8-16/h3-14,24-25,31H,15H2,1-2H3/t24-/m1/s1. The number of carbonyl (C=O) groups is 2. The number of ether oxygens (including phenoxy) is 3. The monoisotopic (exact) mass is 507 g/mol. The number of benzene rings is 3. The zero-order chi connectivity index (χ0) is 25.4. The fraction of sp³-hybridized carbons (Fsp3) is 0.214. The van der Waals surface area contributed by atoms with Crippen LogP contribution in [0.15, 0.2) is 72.9 Å². The van der Waals surface area contributed by atoms with Crippen molar-refractivity contribution in [1.82, 2.24) is 4.98 Å². The van der Waals surface area contributed by atoms with Crippen LogP contribution < -0.4 is 4.74 Å². The number of hydrogen-bond donors (Lipinski definition) is 1. The van der Waals surface area contributed by atoms with Crippen LogP contribution in [-0.4, -0.2) is 22.7 Å². The minimum absolute atomic E-state index is 0.196. The van der Waals surface area contributed by atoms with Crippen molar-refractivity contribution in [2.75, 3.05) is 0 Å². The number of nitrogens with one attached hydrogen (secondary N) is 1. The fourth-order valence-corrected chi connectivity index (χ4v) is 4.72. The Bertz CT molecular complexity index is 1430. The van der Waals surface area contributed by atoms with Crippen molar-refractivity contribution >= 4 is 34.4 Å². The third-order valence-electron chi connectivity index (χ3n) is 6.11. The minimum Gasteiger partial charge on any atom is -0.487 e. The van der Waals surface area contributed by atoms with E-state index in [0.717, 1.165) is 22.0 Å². The number of carbonyl (C=O) groups excluding carboxylic acids is 2. The van der Waals surface area contributed by atoms with E-state index in [-0.39, 0.29) is 12.4 Å². The molecule has 6 nitrogen and oxygen atoms in total. The van der Waals surface area contributed by atoms with Gasteiger partial charge in [-0.1, -0.05) is 48.0 Å². The first kappa shape index (κ1) is 23.9. The highest BCUT2D eigenvalue weighted by Gasteiger charge is 2.48. The Morgan fingerprint density at radius 2 is 1.72 bits per heavy atom. The van der Waals surface area contributed by atoms with Crippen LogP contribution in [0.25, 0.3) is 10.9 Å². The Kier molecular flexibility index (Phi) is 6.18. The normalized spacial score (nSPS) is 16.4. The summed E-state index contributed by atoms with van der Waals surface area (Å²) in [7, 11) is 0. The summed E-state index contributed by atoms with van der Waals surface area (Å²) in [5, 5.41) is 1.16. The molecule has 1 N–H and O–H groups in total. The molecule has 184 valence electrons. The van der Waals surface area contributed by atoms with Crippen molar-refractivity contribution in [3.63, 3.8) is 0 Å². The molecule has 2 heterocycles. The van der Waals surface area contributed by atoms with Crippen LogP contribution >= 0.6 is 11.6 Å². The van der Waals surface area contributed by atoms with E-state index in [2.05, 4.69) is 4.98 Å². The highest BCUT2D eigenvalue weighted by atomic mass is 35.5. The third-order valence-corrected chi connectivity index (χ3v) is 6.41. The molecule has 0 amide bonds. The van der Waals surface area contributed by atoms with E-state index in [9.17, 15) is 14.0 Å². The molecule has 1 aromatic heterocycles. The van der Waals surface area contributed by atoms with Crippen molar-refractivity contribution in [2.45, 2.75) is 32.2 Å². The number of fused-ring (bicyclic) bond motifs is 1. The number of cyclic esters (lactones) is 2. The average Bonchev–Trinajstić information content (AvgIpc) is 3.25. The second-order valence-corrected chi connectivity index (χ2v) is 9.50. The maximum atomic E-state index is 13.2. The molecule has 1 aliphatic heterocycles. The van der Waals surface area contributed by atoms with Crippen LogP contribution in [-0.2, 0) is 25.7 Å². The SMILES string of the molecule is CC1(C)OC(=O)C([C@H](c2ccc(OCc3ccc(F)cc3)c(Cl)c2)c2c[nH]c3ccccc23)C(=O)O1. The van der Waals surface area contributed by atoms with Gasteiger partial charge < -0.3 is 19.2 Å². The van der Waals surface area contributed by atoms with Gasteiger partial charge in [-0.3, -0.25) is 9.59 Å². The summed E-state index contributed by atoms with van der Waals surface area (Å²) in [6.45, 7) is 3.23. The van der Waals surface area contributed by atoms with E-state index in [4.69, 9.17) is 25.8 Å². The van der Waals surface area contributed by atoms with Crippen molar-refractivity contribution < 1.29 is 28.2 Å². The number of aromatic amines is 1. The summed E-state index contributed by atoms with van der Waals surface area (Å²) in [5.74, 6) is -4.53. The average molecular weight is 508 g/mol. The number of para-hydroxylation sites is 1. The third kappa shape index (κ3) is 4.66. The second kappa shape index (κ2) is 9.32. The number of aromatic nitrogens is 1. The largest absolute Gasteiger partial charge is 0.487 e. The highest BCUT2D eigenvalue weighted by Crippen LogP contribution is 2.42. The van der Waals surface area contributed by atoms with Crippen LogP contribution in [0.4, 0.5) is 4.39 Å². The topological polar surface area (TPSA) is 77.6 Å². The highest BCUT2D eigenvalue weighted by molar-refractivity contribution is 6.32. The van der Waals surface area contributed by atoms with Crippen molar-refractivity contribution in [2.24, 2.45) is 5.92 Å². The first-order chi connectivity index (χ1) is 17.2. The number of hydrogen-bond acceptors (Lipinski definition) is 5. The number of halogens is 2. The van der Waals surface area contributed by atoms with E-state index in [1.165, 1.54) is 26.0 Å². The molecule has 36 heavy (non-hydrogen) atoms. The van der Waals surface area contributed by atoms with Gasteiger partial charge in [-0.25, -0.2) is 4.39 Å². The molecule has 0 saturated carbocycles. The van der Waals surface area contributed by atoms with Gasteiger partial charge in [-0.15, -0.1) is 0 Å². The molecule has 1 aliphatic rings.